The van der Waals surface area contributed by atoms with Gasteiger partial charge in [0.1, 0.15) is 11.0 Å². The lowest BCUT2D eigenvalue weighted by Gasteiger charge is -2.12. The minimum atomic E-state index is -0.721. The van der Waals surface area contributed by atoms with Gasteiger partial charge in [0.2, 0.25) is 0 Å². The maximum Gasteiger partial charge on any atom is 0.306 e. The highest BCUT2D eigenvalue weighted by Crippen LogP contribution is 2.27. The second kappa shape index (κ2) is 4.65. The fraction of sp³-hybridized carbons (Fsp3) is 0.500. The van der Waals surface area contributed by atoms with Gasteiger partial charge in [-0.05, 0) is 19.3 Å². The molecule has 0 amide bonds. The summed E-state index contributed by atoms with van der Waals surface area (Å²) in [4.78, 5) is 18.7. The largest absolute Gasteiger partial charge is 0.481 e. The second-order valence-corrected chi connectivity index (χ2v) is 4.30. The lowest BCUT2D eigenvalue weighted by atomic mass is 10.1. The average Bonchev–Trinajstić information content (AvgIpc) is 2.66. The van der Waals surface area contributed by atoms with Crippen LogP contribution in [0.5, 0.6) is 0 Å². The van der Waals surface area contributed by atoms with Gasteiger partial charge in [-0.25, -0.2) is 4.98 Å². The van der Waals surface area contributed by atoms with Gasteiger partial charge in [0, 0.05) is 6.04 Å². The van der Waals surface area contributed by atoms with Gasteiger partial charge >= 0.3 is 5.97 Å². The van der Waals surface area contributed by atoms with Crippen LogP contribution in [0.25, 0.3) is 0 Å². The Bertz CT molecular complexity index is 399. The molecule has 6 heteroatoms. The van der Waals surface area contributed by atoms with Crippen LogP contribution in [0.4, 0.5) is 5.82 Å². The summed E-state index contributed by atoms with van der Waals surface area (Å²) in [7, 11) is 0. The SMILES string of the molecule is O=C(O)C1CCC(Nc2cncc(Cl)n2)C1. The van der Waals surface area contributed by atoms with Crippen LogP contribution in [0, 0.1) is 5.92 Å². The highest BCUT2D eigenvalue weighted by atomic mass is 35.5. The molecule has 0 bridgehead atoms. The van der Waals surface area contributed by atoms with Crippen molar-refractivity contribution in [3.05, 3.63) is 17.5 Å². The van der Waals surface area contributed by atoms with E-state index in [0.717, 1.165) is 6.42 Å². The number of aromatic nitrogens is 2. The normalized spacial score (nSPS) is 24.3. The number of aliphatic carboxylic acids is 1. The summed E-state index contributed by atoms with van der Waals surface area (Å²) in [6.07, 6.45) is 5.22. The summed E-state index contributed by atoms with van der Waals surface area (Å²) in [5, 5.41) is 12.3. The Morgan fingerprint density at radius 2 is 2.31 bits per heavy atom. The molecule has 1 aromatic rings. The van der Waals surface area contributed by atoms with Crippen molar-refractivity contribution in [3.63, 3.8) is 0 Å². The van der Waals surface area contributed by atoms with Crippen LogP contribution >= 0.6 is 11.6 Å². The summed E-state index contributed by atoms with van der Waals surface area (Å²) in [5.41, 5.74) is 0. The number of nitrogens with zero attached hydrogens (tertiary/aromatic N) is 2. The van der Waals surface area contributed by atoms with E-state index in [1.165, 1.54) is 6.20 Å². The molecule has 2 unspecified atom stereocenters. The summed E-state index contributed by atoms with van der Waals surface area (Å²) >= 11 is 5.70. The number of hydrogen-bond acceptors (Lipinski definition) is 4. The number of halogens is 1. The molecule has 2 atom stereocenters. The first-order chi connectivity index (χ1) is 7.65. The monoisotopic (exact) mass is 241 g/mol. The van der Waals surface area contributed by atoms with E-state index in [1.807, 2.05) is 0 Å². The Morgan fingerprint density at radius 3 is 2.94 bits per heavy atom. The minimum absolute atomic E-state index is 0.147. The van der Waals surface area contributed by atoms with Crippen LogP contribution in [-0.4, -0.2) is 27.1 Å². The number of anilines is 1. The van der Waals surface area contributed by atoms with Gasteiger partial charge in [0.05, 0.1) is 18.3 Å². The maximum atomic E-state index is 10.8. The summed E-state index contributed by atoms with van der Waals surface area (Å²) < 4.78 is 0. The first kappa shape index (κ1) is 11.1. The highest BCUT2D eigenvalue weighted by molar-refractivity contribution is 6.29. The molecule has 0 aliphatic heterocycles. The molecule has 0 aromatic carbocycles. The molecule has 1 fully saturated rings. The molecule has 86 valence electrons. The Morgan fingerprint density at radius 1 is 1.50 bits per heavy atom. The molecule has 16 heavy (non-hydrogen) atoms. The molecule has 5 nitrogen and oxygen atoms in total. The minimum Gasteiger partial charge on any atom is -0.481 e. The molecule has 1 aromatic heterocycles. The van der Waals surface area contributed by atoms with E-state index < -0.39 is 5.97 Å². The van der Waals surface area contributed by atoms with Crippen molar-refractivity contribution in [2.75, 3.05) is 5.32 Å². The molecule has 0 radical (unpaired) electrons. The molecule has 0 saturated heterocycles. The zero-order chi connectivity index (χ0) is 11.5. The highest BCUT2D eigenvalue weighted by Gasteiger charge is 2.29. The van der Waals surface area contributed by atoms with Crippen molar-refractivity contribution < 1.29 is 9.90 Å². The Balaban J connectivity index is 1.94. The molecule has 2 N–H and O–H groups in total. The quantitative estimate of drug-likeness (QED) is 0.844. The van der Waals surface area contributed by atoms with E-state index >= 15 is 0 Å². The third-order valence-electron chi connectivity index (χ3n) is 2.74. The maximum absolute atomic E-state index is 10.8. The zero-order valence-corrected chi connectivity index (χ0v) is 9.31. The van der Waals surface area contributed by atoms with Crippen molar-refractivity contribution in [3.8, 4) is 0 Å². The summed E-state index contributed by atoms with van der Waals surface area (Å²) in [5.74, 6) is -0.366. The van der Waals surface area contributed by atoms with Crippen LogP contribution in [0.2, 0.25) is 5.15 Å². The average molecular weight is 242 g/mol. The first-order valence-corrected chi connectivity index (χ1v) is 5.50. The molecular weight excluding hydrogens is 230 g/mol. The Hall–Kier alpha value is -1.36. The van der Waals surface area contributed by atoms with Crippen molar-refractivity contribution in [2.24, 2.45) is 5.92 Å². The summed E-state index contributed by atoms with van der Waals surface area (Å²) in [6.45, 7) is 0. The van der Waals surface area contributed by atoms with Gasteiger partial charge in [-0.3, -0.25) is 9.78 Å². The number of hydrogen-bond donors (Lipinski definition) is 2. The van der Waals surface area contributed by atoms with Gasteiger partial charge in [-0.15, -0.1) is 0 Å². The number of nitrogens with one attached hydrogen (secondary N) is 1. The zero-order valence-electron chi connectivity index (χ0n) is 8.56. The third-order valence-corrected chi connectivity index (χ3v) is 2.92. The second-order valence-electron chi connectivity index (χ2n) is 3.92. The van der Waals surface area contributed by atoms with Crippen LogP contribution in [0.3, 0.4) is 0 Å². The topological polar surface area (TPSA) is 75.1 Å². The number of carboxylic acid groups (broad SMARTS) is 1. The van der Waals surface area contributed by atoms with Gasteiger partial charge in [0.15, 0.2) is 0 Å². The number of carbonyl (C=O) groups is 1. The first-order valence-electron chi connectivity index (χ1n) is 5.12. The van der Waals surface area contributed by atoms with Crippen molar-refractivity contribution in [1.82, 2.24) is 9.97 Å². The molecule has 1 aliphatic carbocycles. The van der Waals surface area contributed by atoms with Gasteiger partial charge in [-0.2, -0.15) is 0 Å². The van der Waals surface area contributed by atoms with Crippen molar-refractivity contribution >= 4 is 23.4 Å². The van der Waals surface area contributed by atoms with Crippen LogP contribution in [0.1, 0.15) is 19.3 Å². The molecule has 1 heterocycles. The van der Waals surface area contributed by atoms with E-state index in [4.69, 9.17) is 16.7 Å². The molecule has 0 spiro atoms. The van der Waals surface area contributed by atoms with E-state index in [1.54, 1.807) is 6.20 Å². The smallest absolute Gasteiger partial charge is 0.306 e. The van der Waals surface area contributed by atoms with Gasteiger partial charge in [0.25, 0.3) is 0 Å². The van der Waals surface area contributed by atoms with E-state index in [0.29, 0.717) is 23.8 Å². The standard InChI is InChI=1S/C10H12ClN3O2/c11-8-4-12-5-9(14-8)13-7-2-1-6(3-7)10(15)16/h4-7H,1-3H2,(H,13,14)(H,15,16). The fourth-order valence-corrected chi connectivity index (χ4v) is 2.11. The van der Waals surface area contributed by atoms with Gasteiger partial charge < -0.3 is 10.4 Å². The fourth-order valence-electron chi connectivity index (χ4n) is 1.96. The lowest BCUT2D eigenvalue weighted by Crippen LogP contribution is -2.18. The van der Waals surface area contributed by atoms with Crippen molar-refractivity contribution in [1.29, 1.82) is 0 Å². The Labute approximate surface area is 97.9 Å². The van der Waals surface area contributed by atoms with E-state index in [-0.39, 0.29) is 12.0 Å². The molecular formula is C10H12ClN3O2. The lowest BCUT2D eigenvalue weighted by molar-refractivity contribution is -0.141. The molecule has 1 aliphatic rings. The number of carboxylic acids is 1. The molecule has 1 saturated carbocycles. The summed E-state index contributed by atoms with van der Waals surface area (Å²) in [6, 6.07) is 0.147. The van der Waals surface area contributed by atoms with Crippen LogP contribution < -0.4 is 5.32 Å². The van der Waals surface area contributed by atoms with Crippen LogP contribution in [-0.2, 0) is 4.79 Å². The predicted octanol–water partition coefficient (Wildman–Crippen LogP) is 1.80. The Kier molecular flexibility index (Phi) is 3.24. The van der Waals surface area contributed by atoms with Gasteiger partial charge in [-0.1, -0.05) is 11.6 Å². The third kappa shape index (κ3) is 2.61. The predicted molar refractivity (Wildman–Crippen MR) is 59.4 cm³/mol. The number of rotatable bonds is 3. The van der Waals surface area contributed by atoms with E-state index in [2.05, 4.69) is 15.3 Å². The molecule has 2 rings (SSSR count). The van der Waals surface area contributed by atoms with Crippen LogP contribution in [0.15, 0.2) is 12.4 Å². The van der Waals surface area contributed by atoms with Crippen molar-refractivity contribution in [2.45, 2.75) is 25.3 Å². The van der Waals surface area contributed by atoms with E-state index in [9.17, 15) is 4.79 Å².